The first-order valence-corrected chi connectivity index (χ1v) is 15.8. The lowest BCUT2D eigenvalue weighted by molar-refractivity contribution is -0.155. The Morgan fingerprint density at radius 3 is 2.43 bits per heavy atom. The first-order valence-electron chi connectivity index (χ1n) is 14.6. The Kier molecular flexibility index (Phi) is 11.5. The van der Waals surface area contributed by atoms with Gasteiger partial charge in [0.1, 0.15) is 11.4 Å². The van der Waals surface area contributed by atoms with Crippen LogP contribution in [0.5, 0.6) is 5.75 Å². The molecular weight excluding hydrogens is 648 g/mol. The van der Waals surface area contributed by atoms with Gasteiger partial charge in [-0.3, -0.25) is 9.59 Å². The van der Waals surface area contributed by atoms with Gasteiger partial charge in [-0.1, -0.05) is 57.9 Å². The van der Waals surface area contributed by atoms with Crippen molar-refractivity contribution in [2.24, 2.45) is 4.99 Å². The van der Waals surface area contributed by atoms with Crippen LogP contribution in [0.1, 0.15) is 62.8 Å². The van der Waals surface area contributed by atoms with Crippen molar-refractivity contribution >= 4 is 45.3 Å². The van der Waals surface area contributed by atoms with Gasteiger partial charge in [-0.05, 0) is 87.2 Å². The SMILES string of the molecule is CC(C)(C)OC(=O)CC[C@@]1(C(=O)NCCc2ccccc2Cl)N=C(c2ccc(OCCCO)cc2)O[C@@H]1c1ccc(Br)cc1. The minimum Gasteiger partial charge on any atom is -0.494 e. The predicted molar refractivity (Wildman–Crippen MR) is 174 cm³/mol. The summed E-state index contributed by atoms with van der Waals surface area (Å²) in [5.41, 5.74) is 0.172. The van der Waals surface area contributed by atoms with E-state index >= 15 is 0 Å². The Labute approximate surface area is 271 Å². The summed E-state index contributed by atoms with van der Waals surface area (Å²) in [5, 5.41) is 12.7. The van der Waals surface area contributed by atoms with E-state index in [1.165, 1.54) is 0 Å². The minimum absolute atomic E-state index is 0.0417. The molecule has 3 aromatic rings. The minimum atomic E-state index is -1.46. The second kappa shape index (κ2) is 15.1. The van der Waals surface area contributed by atoms with E-state index in [0.717, 1.165) is 15.6 Å². The highest BCUT2D eigenvalue weighted by Crippen LogP contribution is 2.43. The molecule has 0 bridgehead atoms. The fourth-order valence-electron chi connectivity index (χ4n) is 4.86. The van der Waals surface area contributed by atoms with Crippen molar-refractivity contribution in [3.63, 3.8) is 0 Å². The summed E-state index contributed by atoms with van der Waals surface area (Å²) in [4.78, 5) is 32.1. The molecule has 2 N–H and O–H groups in total. The van der Waals surface area contributed by atoms with Crippen molar-refractivity contribution in [1.82, 2.24) is 5.32 Å². The maximum absolute atomic E-state index is 14.2. The number of rotatable bonds is 13. The molecule has 1 aliphatic heterocycles. The Morgan fingerprint density at radius 2 is 1.77 bits per heavy atom. The lowest BCUT2D eigenvalue weighted by Gasteiger charge is -2.31. The molecule has 0 unspecified atom stereocenters. The number of hydrogen-bond donors (Lipinski definition) is 2. The van der Waals surface area contributed by atoms with Gasteiger partial charge in [0.25, 0.3) is 5.91 Å². The van der Waals surface area contributed by atoms with Crippen LogP contribution in [0.4, 0.5) is 0 Å². The number of amides is 1. The number of halogens is 2. The van der Waals surface area contributed by atoms with E-state index in [2.05, 4.69) is 21.2 Å². The molecule has 0 aromatic heterocycles. The molecule has 44 heavy (non-hydrogen) atoms. The molecule has 1 heterocycles. The van der Waals surface area contributed by atoms with Gasteiger partial charge in [-0.15, -0.1) is 0 Å². The highest BCUT2D eigenvalue weighted by atomic mass is 79.9. The number of aliphatic hydroxyl groups is 1. The van der Waals surface area contributed by atoms with Crippen LogP contribution in [-0.4, -0.2) is 53.8 Å². The summed E-state index contributed by atoms with van der Waals surface area (Å²) in [5.74, 6) is 0.132. The number of ether oxygens (including phenoxy) is 3. The number of esters is 1. The fourth-order valence-corrected chi connectivity index (χ4v) is 5.35. The van der Waals surface area contributed by atoms with Crippen molar-refractivity contribution in [1.29, 1.82) is 0 Å². The largest absolute Gasteiger partial charge is 0.494 e. The maximum Gasteiger partial charge on any atom is 0.306 e. The van der Waals surface area contributed by atoms with Gasteiger partial charge in [0.05, 0.1) is 6.61 Å². The number of carbonyl (C=O) groups excluding carboxylic acids is 2. The number of aliphatic hydroxyl groups excluding tert-OH is 1. The zero-order valence-electron chi connectivity index (χ0n) is 25.1. The van der Waals surface area contributed by atoms with Crippen LogP contribution < -0.4 is 10.1 Å². The van der Waals surface area contributed by atoms with E-state index in [1.807, 2.05) is 60.7 Å². The fraction of sp³-hybridized carbons (Fsp3) is 0.382. The van der Waals surface area contributed by atoms with Crippen molar-refractivity contribution < 1.29 is 28.9 Å². The first kappa shape index (κ1) is 33.5. The number of hydrogen-bond acceptors (Lipinski definition) is 7. The van der Waals surface area contributed by atoms with Crippen LogP contribution in [0.25, 0.3) is 0 Å². The van der Waals surface area contributed by atoms with Crippen LogP contribution in [0.15, 0.2) is 82.3 Å². The smallest absolute Gasteiger partial charge is 0.306 e. The van der Waals surface area contributed by atoms with Crippen LogP contribution in [0.2, 0.25) is 5.02 Å². The maximum atomic E-state index is 14.2. The highest BCUT2D eigenvalue weighted by molar-refractivity contribution is 9.10. The highest BCUT2D eigenvalue weighted by Gasteiger charge is 2.53. The third-order valence-corrected chi connectivity index (χ3v) is 7.87. The second-order valence-corrected chi connectivity index (χ2v) is 12.8. The average Bonchev–Trinajstić information content (AvgIpc) is 3.38. The van der Waals surface area contributed by atoms with Gasteiger partial charge in [0.15, 0.2) is 11.6 Å². The molecule has 1 amide bonds. The standard InChI is InChI=1S/C34H38BrClN2O6/c1-33(2,3)44-29(40)17-19-34(32(41)37-20-18-23-7-4-5-8-28(23)36)30(24-9-13-26(35)14-10-24)43-31(38-34)25-11-15-27(16-12-25)42-22-6-21-39/h4-5,7-16,30,39H,6,17-22H2,1-3H3,(H,37,41)/t30-,34-/m1/s1. The molecule has 4 rings (SSSR count). The Hall–Kier alpha value is -3.40. The zero-order chi connectivity index (χ0) is 31.7. The monoisotopic (exact) mass is 684 g/mol. The number of benzene rings is 3. The molecule has 234 valence electrons. The normalized spacial score (nSPS) is 17.9. The number of aliphatic imine (C=N–C) groups is 1. The molecule has 0 radical (unpaired) electrons. The number of nitrogens with one attached hydrogen (secondary N) is 1. The van der Waals surface area contributed by atoms with E-state index in [0.29, 0.717) is 42.3 Å². The number of carbonyl (C=O) groups is 2. The topological polar surface area (TPSA) is 106 Å². The van der Waals surface area contributed by atoms with Crippen LogP contribution in [0.3, 0.4) is 0 Å². The number of nitrogens with zero attached hydrogens (tertiary/aromatic N) is 1. The van der Waals surface area contributed by atoms with Gasteiger partial charge in [-0.2, -0.15) is 0 Å². The van der Waals surface area contributed by atoms with E-state index in [-0.39, 0.29) is 31.3 Å². The molecule has 0 spiro atoms. The van der Waals surface area contributed by atoms with Crippen molar-refractivity contribution in [2.45, 2.75) is 63.7 Å². The Balaban J connectivity index is 1.68. The van der Waals surface area contributed by atoms with Crippen LogP contribution in [-0.2, 0) is 25.5 Å². The average molecular weight is 686 g/mol. The van der Waals surface area contributed by atoms with Gasteiger partial charge >= 0.3 is 5.97 Å². The first-order chi connectivity index (χ1) is 21.0. The Morgan fingerprint density at radius 1 is 1.07 bits per heavy atom. The van der Waals surface area contributed by atoms with Gasteiger partial charge in [0, 0.05) is 41.1 Å². The Bertz CT molecular complexity index is 1460. The quantitative estimate of drug-likeness (QED) is 0.155. The second-order valence-electron chi connectivity index (χ2n) is 11.5. The third-order valence-electron chi connectivity index (χ3n) is 6.97. The molecular formula is C34H38BrClN2O6. The van der Waals surface area contributed by atoms with Crippen LogP contribution in [0, 0.1) is 0 Å². The molecule has 1 aliphatic rings. The third kappa shape index (κ3) is 8.83. The summed E-state index contributed by atoms with van der Waals surface area (Å²) in [6, 6.07) is 22.2. The van der Waals surface area contributed by atoms with E-state index in [9.17, 15) is 9.59 Å². The van der Waals surface area contributed by atoms with Gasteiger partial charge in [-0.25, -0.2) is 4.99 Å². The lowest BCUT2D eigenvalue weighted by atomic mass is 9.83. The van der Waals surface area contributed by atoms with Crippen molar-refractivity contribution in [3.8, 4) is 5.75 Å². The predicted octanol–water partition coefficient (Wildman–Crippen LogP) is 6.60. The van der Waals surface area contributed by atoms with Crippen molar-refractivity contribution in [3.05, 3.63) is 99.0 Å². The molecule has 2 atom stereocenters. The zero-order valence-corrected chi connectivity index (χ0v) is 27.5. The molecule has 0 saturated carbocycles. The summed E-state index contributed by atoms with van der Waals surface area (Å²) in [6.45, 7) is 6.16. The van der Waals surface area contributed by atoms with Crippen molar-refractivity contribution in [2.75, 3.05) is 19.8 Å². The van der Waals surface area contributed by atoms with E-state index in [1.54, 1.807) is 32.9 Å². The van der Waals surface area contributed by atoms with Gasteiger partial charge in [0.2, 0.25) is 5.90 Å². The summed E-state index contributed by atoms with van der Waals surface area (Å²) in [7, 11) is 0. The summed E-state index contributed by atoms with van der Waals surface area (Å²) in [6.07, 6.45) is 0.255. The molecule has 0 saturated heterocycles. The molecule has 0 fully saturated rings. The molecule has 10 heteroatoms. The lowest BCUT2D eigenvalue weighted by Crippen LogP contribution is -2.49. The summed E-state index contributed by atoms with van der Waals surface area (Å²) >= 11 is 9.83. The molecule has 3 aromatic carbocycles. The molecule has 8 nitrogen and oxygen atoms in total. The van der Waals surface area contributed by atoms with Crippen LogP contribution >= 0.6 is 27.5 Å². The van der Waals surface area contributed by atoms with E-state index < -0.39 is 23.2 Å². The van der Waals surface area contributed by atoms with Gasteiger partial charge < -0.3 is 24.6 Å². The molecule has 0 aliphatic carbocycles. The van der Waals surface area contributed by atoms with E-state index in [4.69, 9.17) is 35.9 Å². The summed E-state index contributed by atoms with van der Waals surface area (Å²) < 4.78 is 18.6.